The molecular weight excluding hydrogens is 620 g/mol. The van der Waals surface area contributed by atoms with Crippen LogP contribution in [0.4, 0.5) is 11.4 Å². The van der Waals surface area contributed by atoms with Crippen LogP contribution in [0, 0.1) is 0 Å². The average Bonchev–Trinajstić information content (AvgIpc) is 3.44. The molecule has 1 fully saturated rings. The summed E-state index contributed by atoms with van der Waals surface area (Å²) in [6.45, 7) is 3.65. The minimum absolute atomic E-state index is 0.142. The lowest BCUT2D eigenvalue weighted by Gasteiger charge is -2.47. The predicted octanol–water partition coefficient (Wildman–Crippen LogP) is 5.29. The second kappa shape index (κ2) is 12.2. The maximum Gasteiger partial charge on any atom is 0.266 e. The van der Waals surface area contributed by atoms with Crippen molar-refractivity contribution in [3.05, 3.63) is 119 Å². The summed E-state index contributed by atoms with van der Waals surface area (Å²) >= 11 is 6.74. The zero-order valence-electron chi connectivity index (χ0n) is 25.7. The van der Waals surface area contributed by atoms with E-state index in [1.807, 2.05) is 61.6 Å². The van der Waals surface area contributed by atoms with E-state index in [-0.39, 0.29) is 11.4 Å². The third-order valence-electron chi connectivity index (χ3n) is 9.15. The van der Waals surface area contributed by atoms with Gasteiger partial charge in [0.1, 0.15) is 10.6 Å². The standard InChI is InChI=1S/C35H35ClN6O3S/c1-37-23-25-8-11-32(45-2)30(21-25)35(41-19-17-40(18-20-41)28-12-15-38-16-13-28)24-42(31-10-9-27(36)22-29(31)35)46(43,44)33-7-3-5-26-6-4-14-39-34(26)33/h3-16,21-22,37H,17-20,23-24H2,1-2H3. The number of halogens is 1. The molecule has 1 saturated heterocycles. The third-order valence-corrected chi connectivity index (χ3v) is 11.2. The smallest absolute Gasteiger partial charge is 0.266 e. The number of fused-ring (bicyclic) bond motifs is 2. The molecule has 2 aliphatic rings. The van der Waals surface area contributed by atoms with Crippen LogP contribution in [0.2, 0.25) is 5.02 Å². The molecule has 0 bridgehead atoms. The van der Waals surface area contributed by atoms with Crippen molar-refractivity contribution in [1.29, 1.82) is 0 Å². The van der Waals surface area contributed by atoms with Crippen molar-refractivity contribution < 1.29 is 13.2 Å². The third kappa shape index (κ3) is 5.06. The van der Waals surface area contributed by atoms with Gasteiger partial charge in [-0.05, 0) is 67.2 Å². The number of hydrogen-bond donors (Lipinski definition) is 1. The zero-order chi connectivity index (χ0) is 31.9. The molecule has 1 unspecified atom stereocenters. The van der Waals surface area contributed by atoms with E-state index in [0.29, 0.717) is 41.6 Å². The number of pyridine rings is 2. The van der Waals surface area contributed by atoms with Gasteiger partial charge in [0.15, 0.2) is 0 Å². The van der Waals surface area contributed by atoms with Gasteiger partial charge in [0.05, 0.1) is 30.4 Å². The van der Waals surface area contributed by atoms with Gasteiger partial charge in [0, 0.05) is 78.5 Å². The van der Waals surface area contributed by atoms with Gasteiger partial charge in [-0.3, -0.25) is 19.2 Å². The summed E-state index contributed by atoms with van der Waals surface area (Å²) in [5.41, 5.74) is 4.04. The van der Waals surface area contributed by atoms with E-state index in [2.05, 4.69) is 31.2 Å². The van der Waals surface area contributed by atoms with E-state index in [9.17, 15) is 8.42 Å². The van der Waals surface area contributed by atoms with Crippen molar-refractivity contribution in [3.8, 4) is 5.75 Å². The lowest BCUT2D eigenvalue weighted by molar-refractivity contribution is 0.125. The van der Waals surface area contributed by atoms with E-state index < -0.39 is 15.6 Å². The van der Waals surface area contributed by atoms with E-state index in [4.69, 9.17) is 16.3 Å². The molecule has 7 rings (SSSR count). The second-order valence-corrected chi connectivity index (χ2v) is 13.9. The van der Waals surface area contributed by atoms with E-state index in [0.717, 1.165) is 40.9 Å². The Morgan fingerprint density at radius 3 is 2.46 bits per heavy atom. The number of hydrogen-bond acceptors (Lipinski definition) is 8. The zero-order valence-corrected chi connectivity index (χ0v) is 27.3. The van der Waals surface area contributed by atoms with Crippen LogP contribution in [0.15, 0.2) is 102 Å². The summed E-state index contributed by atoms with van der Waals surface area (Å²) in [4.78, 5) is 13.6. The number of anilines is 2. The van der Waals surface area contributed by atoms with Crippen molar-refractivity contribution in [1.82, 2.24) is 20.2 Å². The highest BCUT2D eigenvalue weighted by Gasteiger charge is 2.53. The van der Waals surface area contributed by atoms with Crippen LogP contribution in [0.25, 0.3) is 10.9 Å². The van der Waals surface area contributed by atoms with Gasteiger partial charge in [-0.15, -0.1) is 0 Å². The average molecular weight is 655 g/mol. The van der Waals surface area contributed by atoms with Gasteiger partial charge in [-0.1, -0.05) is 35.9 Å². The summed E-state index contributed by atoms with van der Waals surface area (Å²) in [5, 5.41) is 4.55. The number of para-hydroxylation sites is 1. The molecule has 4 heterocycles. The molecule has 236 valence electrons. The first-order valence-electron chi connectivity index (χ1n) is 15.3. The lowest BCUT2D eigenvalue weighted by atomic mass is 9.81. The number of piperazine rings is 1. The Bertz CT molecular complexity index is 2000. The number of rotatable bonds is 8. The molecule has 0 radical (unpaired) electrons. The Morgan fingerprint density at radius 2 is 1.70 bits per heavy atom. The fraction of sp³-hybridized carbons (Fsp3) is 0.257. The minimum atomic E-state index is -4.07. The van der Waals surface area contributed by atoms with Crippen molar-refractivity contribution in [2.75, 3.05) is 56.1 Å². The van der Waals surface area contributed by atoms with Crippen LogP contribution < -0.4 is 19.3 Å². The predicted molar refractivity (Wildman–Crippen MR) is 182 cm³/mol. The highest BCUT2D eigenvalue weighted by Crippen LogP contribution is 2.53. The SMILES string of the molecule is CNCc1ccc(OC)c(C2(N3CCN(c4ccncc4)CC3)CN(S(=O)(=O)c3cccc4cccnc34)c3ccc(Cl)cc32)c1. The summed E-state index contributed by atoms with van der Waals surface area (Å²) in [6, 6.07) is 24.7. The van der Waals surface area contributed by atoms with Gasteiger partial charge >= 0.3 is 0 Å². The highest BCUT2D eigenvalue weighted by molar-refractivity contribution is 7.93. The molecule has 0 amide bonds. The summed E-state index contributed by atoms with van der Waals surface area (Å²) in [7, 11) is -0.498. The molecule has 46 heavy (non-hydrogen) atoms. The Morgan fingerprint density at radius 1 is 0.913 bits per heavy atom. The maximum atomic E-state index is 14.8. The fourth-order valence-corrected chi connectivity index (χ4v) is 8.87. The van der Waals surface area contributed by atoms with E-state index >= 15 is 0 Å². The highest BCUT2D eigenvalue weighted by atomic mass is 35.5. The molecule has 0 aliphatic carbocycles. The van der Waals surface area contributed by atoms with E-state index in [1.54, 1.807) is 48.2 Å². The van der Waals surface area contributed by atoms with Crippen molar-refractivity contribution in [2.45, 2.75) is 17.0 Å². The first-order chi connectivity index (χ1) is 22.4. The molecule has 0 spiro atoms. The molecule has 2 aliphatic heterocycles. The number of nitrogens with zero attached hydrogens (tertiary/aromatic N) is 5. The Hall–Kier alpha value is -4.22. The van der Waals surface area contributed by atoms with Crippen LogP contribution in [0.5, 0.6) is 5.75 Å². The maximum absolute atomic E-state index is 14.8. The molecule has 0 saturated carbocycles. The van der Waals surface area contributed by atoms with Crippen molar-refractivity contribution in [2.24, 2.45) is 0 Å². The fourth-order valence-electron chi connectivity index (χ4n) is 7.02. The van der Waals surface area contributed by atoms with Gasteiger partial charge in [-0.2, -0.15) is 0 Å². The number of nitrogens with one attached hydrogen (secondary N) is 1. The molecule has 2 aromatic heterocycles. The topological polar surface area (TPSA) is 90.9 Å². The molecular formula is C35H35ClN6O3S. The Labute approximate surface area is 274 Å². The molecule has 9 nitrogen and oxygen atoms in total. The van der Waals surface area contributed by atoms with Gasteiger partial charge in [0.25, 0.3) is 10.0 Å². The van der Waals surface area contributed by atoms with Gasteiger partial charge < -0.3 is 15.0 Å². The normalized spacial score (nSPS) is 18.6. The van der Waals surface area contributed by atoms with Crippen molar-refractivity contribution >= 4 is 43.9 Å². The number of ether oxygens (including phenoxy) is 1. The number of sulfonamides is 1. The molecule has 11 heteroatoms. The number of methoxy groups -OCH3 is 1. The molecule has 5 aromatic rings. The monoisotopic (exact) mass is 654 g/mol. The van der Waals surface area contributed by atoms with Crippen LogP contribution in [-0.2, 0) is 22.1 Å². The quantitative estimate of drug-likeness (QED) is 0.242. The number of benzene rings is 3. The summed E-state index contributed by atoms with van der Waals surface area (Å²) in [5.74, 6) is 0.688. The molecule has 3 aromatic carbocycles. The Balaban J connectivity index is 1.42. The van der Waals surface area contributed by atoms with Crippen LogP contribution in [-0.4, -0.2) is 70.2 Å². The first-order valence-corrected chi connectivity index (χ1v) is 17.1. The van der Waals surface area contributed by atoms with Crippen LogP contribution >= 0.6 is 11.6 Å². The lowest BCUT2D eigenvalue weighted by Crippen LogP contribution is -2.58. The molecule has 1 N–H and O–H groups in total. The second-order valence-electron chi connectivity index (χ2n) is 11.6. The Kier molecular flexibility index (Phi) is 8.06. The largest absolute Gasteiger partial charge is 0.496 e. The molecule has 1 atom stereocenters. The number of aromatic nitrogens is 2. The van der Waals surface area contributed by atoms with Gasteiger partial charge in [-0.25, -0.2) is 8.42 Å². The van der Waals surface area contributed by atoms with E-state index in [1.165, 1.54) is 0 Å². The summed E-state index contributed by atoms with van der Waals surface area (Å²) < 4.78 is 37.2. The van der Waals surface area contributed by atoms with Crippen LogP contribution in [0.1, 0.15) is 16.7 Å². The van der Waals surface area contributed by atoms with Crippen LogP contribution in [0.3, 0.4) is 0 Å². The summed E-state index contributed by atoms with van der Waals surface area (Å²) in [6.07, 6.45) is 5.24. The first kappa shape index (κ1) is 30.4. The van der Waals surface area contributed by atoms with Crippen molar-refractivity contribution in [3.63, 3.8) is 0 Å². The van der Waals surface area contributed by atoms with Gasteiger partial charge in [0.2, 0.25) is 0 Å². The minimum Gasteiger partial charge on any atom is -0.496 e.